The van der Waals surface area contributed by atoms with Gasteiger partial charge in [-0.1, -0.05) is 12.1 Å². The van der Waals surface area contributed by atoms with Gasteiger partial charge in [0, 0.05) is 38.3 Å². The Hall–Kier alpha value is -2.38. The van der Waals surface area contributed by atoms with Gasteiger partial charge in [-0.05, 0) is 43.6 Å². The third-order valence-electron chi connectivity index (χ3n) is 6.01. The minimum Gasteiger partial charge on any atom is -0.507 e. The number of rotatable bonds is 3. The van der Waals surface area contributed by atoms with Gasteiger partial charge in [0.05, 0.1) is 17.4 Å². The van der Waals surface area contributed by atoms with Gasteiger partial charge in [0.1, 0.15) is 5.75 Å². The summed E-state index contributed by atoms with van der Waals surface area (Å²) in [4.78, 5) is 5.08. The number of phenols is 1. The molecule has 0 saturated carbocycles. The molecule has 2 fully saturated rings. The van der Waals surface area contributed by atoms with Gasteiger partial charge in [-0.2, -0.15) is 0 Å². The van der Waals surface area contributed by atoms with Crippen molar-refractivity contribution < 1.29 is 5.11 Å². The van der Waals surface area contributed by atoms with E-state index in [1.165, 1.54) is 13.0 Å². The fourth-order valence-electron chi connectivity index (χ4n) is 4.58. The Bertz CT molecular complexity index is 822. The highest BCUT2D eigenvalue weighted by Gasteiger charge is 2.33. The van der Waals surface area contributed by atoms with Gasteiger partial charge >= 0.3 is 0 Å². The summed E-state index contributed by atoms with van der Waals surface area (Å²) in [5, 5.41) is 25.8. The van der Waals surface area contributed by atoms with Gasteiger partial charge < -0.3 is 20.6 Å². The van der Waals surface area contributed by atoms with Crippen molar-refractivity contribution in [1.82, 2.24) is 20.4 Å². The lowest BCUT2D eigenvalue weighted by Gasteiger charge is -2.46. The fourth-order valence-corrected chi connectivity index (χ4v) is 4.58. The van der Waals surface area contributed by atoms with Gasteiger partial charge in [0.25, 0.3) is 0 Å². The van der Waals surface area contributed by atoms with E-state index in [1.807, 2.05) is 18.2 Å². The van der Waals surface area contributed by atoms with Crippen LogP contribution in [0.2, 0.25) is 0 Å². The number of fused-ring (bicyclic) bond motifs is 3. The smallest absolute Gasteiger partial charge is 0.172 e. The number of aromatic hydroxyl groups is 1. The minimum absolute atomic E-state index is 0.238. The number of nitrogens with zero attached hydrogens (tertiary/aromatic N) is 4. The zero-order valence-electron chi connectivity index (χ0n) is 15.4. The van der Waals surface area contributed by atoms with E-state index in [-0.39, 0.29) is 5.75 Å². The normalized spacial score (nSPS) is 25.0. The Morgan fingerprint density at radius 1 is 1.15 bits per heavy atom. The first-order valence-corrected chi connectivity index (χ1v) is 9.87. The highest BCUT2D eigenvalue weighted by atomic mass is 16.3. The lowest BCUT2D eigenvalue weighted by molar-refractivity contribution is 0.197. The van der Waals surface area contributed by atoms with E-state index >= 15 is 0 Å². The van der Waals surface area contributed by atoms with E-state index in [9.17, 15) is 5.11 Å². The number of hydrogen-bond donors (Lipinski definition) is 3. The number of hydrogen-bond acceptors (Lipinski definition) is 7. The Morgan fingerprint density at radius 3 is 2.93 bits per heavy atom. The van der Waals surface area contributed by atoms with Crippen LogP contribution in [0.4, 0.5) is 11.5 Å². The molecule has 5 rings (SSSR count). The van der Waals surface area contributed by atoms with E-state index in [1.54, 1.807) is 6.07 Å². The summed E-state index contributed by atoms with van der Waals surface area (Å²) in [5.41, 5.74) is 2.54. The van der Waals surface area contributed by atoms with Crippen molar-refractivity contribution in [1.29, 1.82) is 0 Å². The highest BCUT2D eigenvalue weighted by molar-refractivity contribution is 5.76. The van der Waals surface area contributed by atoms with Crippen LogP contribution in [-0.2, 0) is 0 Å². The number of nitrogens with one attached hydrogen (secondary N) is 2. The zero-order valence-corrected chi connectivity index (χ0v) is 15.4. The number of aromatic nitrogens is 2. The third kappa shape index (κ3) is 3.21. The standard InChI is InChI=1S/C20H26N6O/c27-19-4-2-1-3-16(19)17-9-18-20(24-23-17)22-11-15-13-25(7-8-26(15)18)12-14-5-6-21-10-14/h1-4,9,14-15,21,27H,5-8,10-13H2,(H,22,24)/t14?,15-/m0/s1. The highest BCUT2D eigenvalue weighted by Crippen LogP contribution is 2.36. The molecule has 7 heteroatoms. The van der Waals surface area contributed by atoms with Crippen molar-refractivity contribution in [3.05, 3.63) is 30.3 Å². The van der Waals surface area contributed by atoms with Crippen LogP contribution in [0.1, 0.15) is 6.42 Å². The summed E-state index contributed by atoms with van der Waals surface area (Å²) in [7, 11) is 0. The molecular formula is C20H26N6O. The predicted molar refractivity (Wildman–Crippen MR) is 106 cm³/mol. The van der Waals surface area contributed by atoms with Crippen LogP contribution >= 0.6 is 0 Å². The topological polar surface area (TPSA) is 76.5 Å². The van der Waals surface area contributed by atoms with E-state index in [4.69, 9.17) is 0 Å². The van der Waals surface area contributed by atoms with Gasteiger partial charge in [-0.25, -0.2) is 0 Å². The second kappa shape index (κ2) is 6.98. The third-order valence-corrected chi connectivity index (χ3v) is 6.01. The second-order valence-corrected chi connectivity index (χ2v) is 7.83. The van der Waals surface area contributed by atoms with Crippen LogP contribution in [0.5, 0.6) is 5.75 Å². The first-order valence-electron chi connectivity index (χ1n) is 9.87. The van der Waals surface area contributed by atoms with Gasteiger partial charge in [-0.3, -0.25) is 4.90 Å². The quantitative estimate of drug-likeness (QED) is 0.757. The fraction of sp³-hybridized carbons (Fsp3) is 0.500. The molecule has 1 aromatic carbocycles. The zero-order chi connectivity index (χ0) is 18.2. The SMILES string of the molecule is Oc1ccccc1-c1cc2c(nn1)NC[C@H]1CN(CC3CCNC3)CCN21. The van der Waals surface area contributed by atoms with Crippen molar-refractivity contribution in [3.8, 4) is 17.0 Å². The van der Waals surface area contributed by atoms with Crippen molar-refractivity contribution in [2.75, 3.05) is 56.0 Å². The van der Waals surface area contributed by atoms with Gasteiger partial charge in [0.2, 0.25) is 0 Å². The molecule has 0 spiro atoms. The van der Waals surface area contributed by atoms with Crippen molar-refractivity contribution >= 4 is 11.5 Å². The first kappa shape index (κ1) is 16.8. The maximum atomic E-state index is 10.2. The molecule has 3 aliphatic heterocycles. The summed E-state index contributed by atoms with van der Waals surface area (Å²) in [6, 6.07) is 9.81. The molecule has 2 saturated heterocycles. The molecule has 4 heterocycles. The predicted octanol–water partition coefficient (Wildman–Crippen LogP) is 1.37. The summed E-state index contributed by atoms with van der Waals surface area (Å²) in [5.74, 6) is 1.87. The molecule has 1 aromatic heterocycles. The number of piperazine rings is 1. The first-order chi connectivity index (χ1) is 13.3. The molecule has 0 bridgehead atoms. The Kier molecular flexibility index (Phi) is 4.33. The maximum Gasteiger partial charge on any atom is 0.172 e. The molecule has 7 nitrogen and oxygen atoms in total. The largest absolute Gasteiger partial charge is 0.507 e. The number of anilines is 2. The Morgan fingerprint density at radius 2 is 2.07 bits per heavy atom. The minimum atomic E-state index is 0.238. The summed E-state index contributed by atoms with van der Waals surface area (Å²) in [6.07, 6.45) is 1.30. The molecule has 27 heavy (non-hydrogen) atoms. The monoisotopic (exact) mass is 366 g/mol. The van der Waals surface area contributed by atoms with Crippen LogP contribution < -0.4 is 15.5 Å². The second-order valence-electron chi connectivity index (χ2n) is 7.83. The van der Waals surface area contributed by atoms with Gasteiger partial charge in [0.15, 0.2) is 5.82 Å². The molecule has 2 atom stereocenters. The van der Waals surface area contributed by atoms with E-state index in [0.717, 1.165) is 62.3 Å². The molecule has 0 aliphatic carbocycles. The molecular weight excluding hydrogens is 340 g/mol. The summed E-state index contributed by atoms with van der Waals surface area (Å²) >= 11 is 0. The number of para-hydroxylation sites is 1. The van der Waals surface area contributed by atoms with Crippen molar-refractivity contribution in [3.63, 3.8) is 0 Å². The molecule has 0 amide bonds. The molecule has 142 valence electrons. The van der Waals surface area contributed by atoms with Gasteiger partial charge in [-0.15, -0.1) is 10.2 Å². The Balaban J connectivity index is 1.36. The van der Waals surface area contributed by atoms with E-state index in [2.05, 4.69) is 36.7 Å². The van der Waals surface area contributed by atoms with Crippen LogP contribution in [0.3, 0.4) is 0 Å². The number of phenolic OH excluding ortho intramolecular Hbond substituents is 1. The molecule has 0 radical (unpaired) electrons. The van der Waals surface area contributed by atoms with Crippen LogP contribution in [0.15, 0.2) is 30.3 Å². The Labute approximate surface area is 159 Å². The maximum absolute atomic E-state index is 10.2. The average molecular weight is 366 g/mol. The lowest BCUT2D eigenvalue weighted by atomic mass is 10.0. The molecule has 1 unspecified atom stereocenters. The van der Waals surface area contributed by atoms with Crippen LogP contribution in [0, 0.1) is 5.92 Å². The summed E-state index contributed by atoms with van der Waals surface area (Å²) in [6.45, 7) is 7.59. The molecule has 3 aliphatic rings. The van der Waals surface area contributed by atoms with Crippen LogP contribution in [-0.4, -0.2) is 72.1 Å². The number of benzene rings is 1. The van der Waals surface area contributed by atoms with E-state index < -0.39 is 0 Å². The van der Waals surface area contributed by atoms with Crippen molar-refractivity contribution in [2.45, 2.75) is 12.5 Å². The summed E-state index contributed by atoms with van der Waals surface area (Å²) < 4.78 is 0. The average Bonchev–Trinajstić information content (AvgIpc) is 3.21. The molecule has 3 N–H and O–H groups in total. The van der Waals surface area contributed by atoms with E-state index in [0.29, 0.717) is 11.7 Å². The lowest BCUT2D eigenvalue weighted by Crippen LogP contribution is -2.58. The van der Waals surface area contributed by atoms with Crippen molar-refractivity contribution in [2.24, 2.45) is 5.92 Å². The van der Waals surface area contributed by atoms with Crippen LogP contribution in [0.25, 0.3) is 11.3 Å². The molecule has 2 aromatic rings.